The zero-order valence-corrected chi connectivity index (χ0v) is 10.2. The fourth-order valence-corrected chi connectivity index (χ4v) is 1.94. The molecule has 0 atom stereocenters. The summed E-state index contributed by atoms with van der Waals surface area (Å²) >= 11 is 5.95. The predicted molar refractivity (Wildman–Crippen MR) is 68.2 cm³/mol. The van der Waals surface area contributed by atoms with Crippen LogP contribution in [0.3, 0.4) is 0 Å². The highest BCUT2D eigenvalue weighted by atomic mass is 35.5. The Morgan fingerprint density at radius 2 is 2.16 bits per heavy atom. The predicted octanol–water partition coefficient (Wildman–Crippen LogP) is 2.14. The Morgan fingerprint density at radius 1 is 1.32 bits per heavy atom. The van der Waals surface area contributed by atoms with Gasteiger partial charge in [0.1, 0.15) is 0 Å². The van der Waals surface area contributed by atoms with E-state index in [0.29, 0.717) is 10.7 Å². The van der Waals surface area contributed by atoms with Gasteiger partial charge in [0, 0.05) is 16.8 Å². The molecule has 2 heterocycles. The zero-order chi connectivity index (χ0) is 13.4. The third-order valence-corrected chi connectivity index (χ3v) is 2.79. The Bertz CT molecular complexity index is 784. The fourth-order valence-electron chi connectivity index (χ4n) is 1.75. The van der Waals surface area contributed by atoms with Gasteiger partial charge in [-0.25, -0.2) is 9.78 Å². The van der Waals surface area contributed by atoms with Gasteiger partial charge < -0.3 is 5.11 Å². The number of carboxylic acids is 1. The first-order valence-corrected chi connectivity index (χ1v) is 5.74. The van der Waals surface area contributed by atoms with Crippen molar-refractivity contribution < 1.29 is 9.90 Å². The van der Waals surface area contributed by atoms with E-state index >= 15 is 0 Å². The van der Waals surface area contributed by atoms with Crippen LogP contribution in [-0.4, -0.2) is 30.7 Å². The molecular weight excluding hydrogens is 268 g/mol. The van der Waals surface area contributed by atoms with Crippen LogP contribution in [0.15, 0.2) is 36.5 Å². The van der Waals surface area contributed by atoms with E-state index in [2.05, 4.69) is 15.1 Å². The minimum atomic E-state index is -1.19. The third kappa shape index (κ3) is 2.02. The van der Waals surface area contributed by atoms with Gasteiger partial charge in [0.05, 0.1) is 5.69 Å². The lowest BCUT2D eigenvalue weighted by molar-refractivity contribution is 0.0684. The maximum absolute atomic E-state index is 10.9. The molecular formula is C12H7ClN4O2. The number of nitrogens with zero attached hydrogens (tertiary/aromatic N) is 4. The minimum Gasteiger partial charge on any atom is -0.475 e. The number of hydrogen-bond donors (Lipinski definition) is 1. The average Bonchev–Trinajstić information content (AvgIpc) is 2.82. The van der Waals surface area contributed by atoms with Crippen LogP contribution in [0.5, 0.6) is 0 Å². The number of fused-ring (bicyclic) bond motifs is 1. The quantitative estimate of drug-likeness (QED) is 0.774. The molecule has 1 N–H and O–H groups in total. The van der Waals surface area contributed by atoms with Gasteiger partial charge in [-0.05, 0) is 18.2 Å². The molecule has 0 aliphatic carbocycles. The molecule has 0 saturated carbocycles. The Hall–Kier alpha value is -2.47. The smallest absolute Gasteiger partial charge is 0.375 e. The molecule has 0 radical (unpaired) electrons. The summed E-state index contributed by atoms with van der Waals surface area (Å²) < 4.78 is 1.38. The van der Waals surface area contributed by atoms with E-state index in [1.54, 1.807) is 30.5 Å². The Kier molecular flexibility index (Phi) is 2.64. The minimum absolute atomic E-state index is 0.231. The van der Waals surface area contributed by atoms with Crippen LogP contribution < -0.4 is 0 Å². The van der Waals surface area contributed by atoms with Crippen LogP contribution in [0.25, 0.3) is 17.0 Å². The Labute approximate surface area is 112 Å². The first-order valence-electron chi connectivity index (χ1n) is 5.36. The van der Waals surface area contributed by atoms with Gasteiger partial charge in [-0.2, -0.15) is 9.50 Å². The monoisotopic (exact) mass is 274 g/mol. The normalized spacial score (nSPS) is 10.8. The molecule has 3 aromatic rings. The van der Waals surface area contributed by atoms with Crippen LogP contribution in [-0.2, 0) is 0 Å². The van der Waals surface area contributed by atoms with E-state index in [4.69, 9.17) is 16.7 Å². The first kappa shape index (κ1) is 11.6. The van der Waals surface area contributed by atoms with E-state index < -0.39 is 5.97 Å². The Morgan fingerprint density at radius 3 is 2.89 bits per heavy atom. The highest BCUT2D eigenvalue weighted by Gasteiger charge is 2.14. The van der Waals surface area contributed by atoms with Crippen molar-refractivity contribution in [3.05, 3.63) is 47.4 Å². The van der Waals surface area contributed by atoms with Crippen LogP contribution >= 0.6 is 11.6 Å². The second-order valence-corrected chi connectivity index (χ2v) is 4.23. The molecule has 0 saturated heterocycles. The molecule has 94 valence electrons. The lowest BCUT2D eigenvalue weighted by Crippen LogP contribution is -2.00. The summed E-state index contributed by atoms with van der Waals surface area (Å²) in [6.07, 6.45) is 1.55. The number of hydrogen-bond acceptors (Lipinski definition) is 4. The van der Waals surface area contributed by atoms with Gasteiger partial charge in [0.15, 0.2) is 0 Å². The summed E-state index contributed by atoms with van der Waals surface area (Å²) in [4.78, 5) is 18.7. The molecule has 0 spiro atoms. The molecule has 1 aromatic carbocycles. The van der Waals surface area contributed by atoms with Gasteiger partial charge in [-0.1, -0.05) is 23.7 Å². The van der Waals surface area contributed by atoms with Crippen molar-refractivity contribution in [3.63, 3.8) is 0 Å². The standard InChI is InChI=1S/C12H7ClN4O2/c13-8-3-1-2-7(6-8)9-4-5-14-12-15-10(11(18)19)16-17(9)12/h1-6H,(H,18,19). The molecule has 3 rings (SSSR count). The molecule has 0 aliphatic heterocycles. The van der Waals surface area contributed by atoms with Crippen molar-refractivity contribution >= 4 is 23.3 Å². The van der Waals surface area contributed by atoms with Crippen molar-refractivity contribution in [3.8, 4) is 11.3 Å². The molecule has 19 heavy (non-hydrogen) atoms. The summed E-state index contributed by atoms with van der Waals surface area (Å²) in [5.41, 5.74) is 1.48. The van der Waals surface area contributed by atoms with E-state index in [1.165, 1.54) is 4.52 Å². The molecule has 0 fully saturated rings. The number of aromatic carboxylic acids is 1. The number of rotatable bonds is 2. The summed E-state index contributed by atoms with van der Waals surface area (Å²) in [6.45, 7) is 0. The maximum atomic E-state index is 10.9. The molecule has 0 unspecified atom stereocenters. The van der Waals surface area contributed by atoms with E-state index in [-0.39, 0.29) is 11.6 Å². The first-order chi connectivity index (χ1) is 9.15. The van der Waals surface area contributed by atoms with Gasteiger partial charge in [0.2, 0.25) is 0 Å². The number of carbonyl (C=O) groups is 1. The summed E-state index contributed by atoms with van der Waals surface area (Å²) in [5, 5.41) is 13.4. The fraction of sp³-hybridized carbons (Fsp3) is 0. The van der Waals surface area contributed by atoms with Crippen LogP contribution in [0.1, 0.15) is 10.6 Å². The SMILES string of the molecule is O=C(O)c1nc2nccc(-c3cccc(Cl)c3)n2n1. The van der Waals surface area contributed by atoms with E-state index in [0.717, 1.165) is 5.56 Å². The molecule has 0 aliphatic rings. The van der Waals surface area contributed by atoms with Crippen molar-refractivity contribution in [2.24, 2.45) is 0 Å². The molecule has 0 bridgehead atoms. The largest absolute Gasteiger partial charge is 0.475 e. The number of benzene rings is 1. The van der Waals surface area contributed by atoms with Gasteiger partial charge in [0.25, 0.3) is 11.6 Å². The summed E-state index contributed by atoms with van der Waals surface area (Å²) in [7, 11) is 0. The van der Waals surface area contributed by atoms with Crippen LogP contribution in [0.2, 0.25) is 5.02 Å². The van der Waals surface area contributed by atoms with Gasteiger partial charge >= 0.3 is 5.97 Å². The second-order valence-electron chi connectivity index (χ2n) is 3.79. The van der Waals surface area contributed by atoms with E-state index in [1.807, 2.05) is 6.07 Å². The molecule has 6 nitrogen and oxygen atoms in total. The van der Waals surface area contributed by atoms with Gasteiger partial charge in [-0.15, -0.1) is 5.10 Å². The lowest BCUT2D eigenvalue weighted by atomic mass is 10.1. The topological polar surface area (TPSA) is 80.4 Å². The summed E-state index contributed by atoms with van der Waals surface area (Å²) in [5.74, 6) is -1.25. The van der Waals surface area contributed by atoms with Crippen LogP contribution in [0.4, 0.5) is 0 Å². The van der Waals surface area contributed by atoms with Crippen LogP contribution in [0, 0.1) is 0 Å². The lowest BCUT2D eigenvalue weighted by Gasteiger charge is -2.03. The average molecular weight is 275 g/mol. The molecule has 7 heteroatoms. The number of aromatic nitrogens is 4. The van der Waals surface area contributed by atoms with Crippen molar-refractivity contribution in [2.45, 2.75) is 0 Å². The highest BCUT2D eigenvalue weighted by molar-refractivity contribution is 6.30. The second kappa shape index (κ2) is 4.33. The van der Waals surface area contributed by atoms with Gasteiger partial charge in [-0.3, -0.25) is 0 Å². The third-order valence-electron chi connectivity index (χ3n) is 2.55. The number of carboxylic acid groups (broad SMARTS) is 1. The number of halogens is 1. The van der Waals surface area contributed by atoms with Crippen molar-refractivity contribution in [2.75, 3.05) is 0 Å². The molecule has 2 aromatic heterocycles. The van der Waals surface area contributed by atoms with E-state index in [9.17, 15) is 4.79 Å². The highest BCUT2D eigenvalue weighted by Crippen LogP contribution is 2.22. The van der Waals surface area contributed by atoms with Crippen molar-refractivity contribution in [1.82, 2.24) is 19.6 Å². The Balaban J connectivity index is 2.26. The van der Waals surface area contributed by atoms with Crippen molar-refractivity contribution in [1.29, 1.82) is 0 Å². The molecule has 0 amide bonds. The zero-order valence-electron chi connectivity index (χ0n) is 9.49. The summed E-state index contributed by atoms with van der Waals surface area (Å²) in [6, 6.07) is 8.90. The maximum Gasteiger partial charge on any atom is 0.375 e.